The van der Waals surface area contributed by atoms with Gasteiger partial charge < -0.3 is 19.3 Å². The summed E-state index contributed by atoms with van der Waals surface area (Å²) in [4.78, 5) is 37.8. The highest BCUT2D eigenvalue weighted by Gasteiger charge is 2.26. The van der Waals surface area contributed by atoms with Crippen molar-refractivity contribution in [2.75, 3.05) is 52.2 Å². The molecule has 5 rings (SSSR count). The maximum absolute atomic E-state index is 12.4. The highest BCUT2D eigenvalue weighted by atomic mass is 16.5. The molecule has 0 radical (unpaired) electrons. The minimum Gasteiger partial charge on any atom is -0.465 e. The lowest BCUT2D eigenvalue weighted by atomic mass is 10.2. The van der Waals surface area contributed by atoms with Gasteiger partial charge in [0.2, 0.25) is 0 Å². The maximum atomic E-state index is 12.4. The van der Waals surface area contributed by atoms with Crippen LogP contribution in [0.1, 0.15) is 71.6 Å². The lowest BCUT2D eigenvalue weighted by Crippen LogP contribution is -2.17. The monoisotopic (exact) mass is 742 g/mol. The summed E-state index contributed by atoms with van der Waals surface area (Å²) in [6.07, 6.45) is 9.07. The van der Waals surface area contributed by atoms with Crippen LogP contribution in [0.15, 0.2) is 45.2 Å². The predicted molar refractivity (Wildman–Crippen MR) is 200 cm³/mol. The molecule has 20 heteroatoms. The number of aryl methyl sites for hydroxylation is 4. The fourth-order valence-corrected chi connectivity index (χ4v) is 5.61. The van der Waals surface area contributed by atoms with Crippen LogP contribution in [0.2, 0.25) is 0 Å². The minimum absolute atomic E-state index is 0.190. The molecule has 0 aliphatic heterocycles. The van der Waals surface area contributed by atoms with Crippen LogP contribution < -0.4 is 9.80 Å². The first-order valence-corrected chi connectivity index (χ1v) is 17.4. The van der Waals surface area contributed by atoms with Crippen molar-refractivity contribution in [2.24, 2.45) is 34.6 Å². The number of rotatable bonds is 16. The zero-order valence-corrected chi connectivity index (χ0v) is 32.3. The van der Waals surface area contributed by atoms with Gasteiger partial charge in [0.1, 0.15) is 17.5 Å². The lowest BCUT2D eigenvalue weighted by Gasteiger charge is -2.17. The zero-order chi connectivity index (χ0) is 39.1. The molecule has 0 bridgehead atoms. The summed E-state index contributed by atoms with van der Waals surface area (Å²) in [6, 6.07) is 1.78. The Hall–Kier alpha value is -6.34. The standard InChI is InChI=1S/C34H46N16O4/c1-11-13-15-23-27(39-41-29-21(33(51)53-9)18-37-47(29)7)31(45(3)4)49(43-23)25-17-26(36-20-35-25)50-32(46(5)6)28(24(44-50)16-14-12-2)40-42-30-22(34(52)54-10)19-38-48(30)8/h17-20H,11-16H2,1-10H3/b41-39+,42-40+. The summed E-state index contributed by atoms with van der Waals surface area (Å²) >= 11 is 0. The third-order valence-corrected chi connectivity index (χ3v) is 8.38. The number of nitrogens with zero attached hydrogens (tertiary/aromatic N) is 16. The van der Waals surface area contributed by atoms with Crippen molar-refractivity contribution >= 4 is 46.6 Å². The van der Waals surface area contributed by atoms with Crippen LogP contribution in [-0.2, 0) is 36.4 Å². The molecule has 286 valence electrons. The summed E-state index contributed by atoms with van der Waals surface area (Å²) in [5.41, 5.74) is 2.82. The predicted octanol–water partition coefficient (Wildman–Crippen LogP) is 5.54. The van der Waals surface area contributed by atoms with E-state index in [0.29, 0.717) is 58.9 Å². The summed E-state index contributed by atoms with van der Waals surface area (Å²) in [6.45, 7) is 4.20. The second-order valence-corrected chi connectivity index (χ2v) is 12.7. The van der Waals surface area contributed by atoms with Gasteiger partial charge >= 0.3 is 11.9 Å². The largest absolute Gasteiger partial charge is 0.465 e. The van der Waals surface area contributed by atoms with Crippen LogP contribution in [-0.4, -0.2) is 103 Å². The van der Waals surface area contributed by atoms with Crippen LogP contribution in [0.5, 0.6) is 0 Å². The molecule has 0 amide bonds. The number of carbonyl (C=O) groups excluding carboxylic acids is 2. The molecule has 0 aliphatic carbocycles. The average molecular weight is 743 g/mol. The van der Waals surface area contributed by atoms with Crippen LogP contribution >= 0.6 is 0 Å². The van der Waals surface area contributed by atoms with Gasteiger partial charge in [-0.2, -0.15) is 29.8 Å². The number of ether oxygens (including phenoxy) is 2. The minimum atomic E-state index is -0.568. The third kappa shape index (κ3) is 7.86. The molecule has 54 heavy (non-hydrogen) atoms. The van der Waals surface area contributed by atoms with Gasteiger partial charge in [-0.1, -0.05) is 26.7 Å². The molecule has 5 aromatic heterocycles. The first kappa shape index (κ1) is 38.9. The summed E-state index contributed by atoms with van der Waals surface area (Å²) in [5, 5.41) is 36.5. The van der Waals surface area contributed by atoms with E-state index in [1.807, 2.05) is 38.0 Å². The number of hydrogen-bond donors (Lipinski definition) is 0. The molecule has 0 aliphatic rings. The molecule has 5 aromatic rings. The highest BCUT2D eigenvalue weighted by Crippen LogP contribution is 2.38. The molecule has 0 unspecified atom stereocenters. The Morgan fingerprint density at radius 2 is 1.09 bits per heavy atom. The van der Waals surface area contributed by atoms with Crippen LogP contribution in [0.3, 0.4) is 0 Å². The number of esters is 2. The Labute approximate surface area is 312 Å². The van der Waals surface area contributed by atoms with Crippen LogP contribution in [0.25, 0.3) is 11.6 Å². The molecule has 0 N–H and O–H groups in total. The quantitative estimate of drug-likeness (QED) is 0.0903. The van der Waals surface area contributed by atoms with Gasteiger partial charge in [0.05, 0.1) is 38.0 Å². The van der Waals surface area contributed by atoms with Gasteiger partial charge in [-0.3, -0.25) is 0 Å². The molecule has 20 nitrogen and oxygen atoms in total. The Kier molecular flexibility index (Phi) is 12.2. The van der Waals surface area contributed by atoms with Crippen LogP contribution in [0, 0.1) is 0 Å². The lowest BCUT2D eigenvalue weighted by molar-refractivity contribution is 0.0592. The second kappa shape index (κ2) is 17.0. The molecule has 0 fully saturated rings. The molecular weight excluding hydrogens is 696 g/mol. The molecule has 5 heterocycles. The van der Waals surface area contributed by atoms with Gasteiger partial charge in [-0.25, -0.2) is 28.9 Å². The van der Waals surface area contributed by atoms with E-state index in [1.165, 1.54) is 42.3 Å². The third-order valence-electron chi connectivity index (χ3n) is 8.38. The number of azo groups is 2. The first-order valence-electron chi connectivity index (χ1n) is 17.4. The number of aromatic nitrogens is 10. The number of hydrogen-bond acceptors (Lipinski definition) is 16. The molecule has 0 saturated heterocycles. The van der Waals surface area contributed by atoms with Gasteiger partial charge in [0.25, 0.3) is 0 Å². The second-order valence-electron chi connectivity index (χ2n) is 12.7. The number of unbranched alkanes of at least 4 members (excludes halogenated alkanes) is 2. The fourth-order valence-electron chi connectivity index (χ4n) is 5.61. The Bertz CT molecular complexity index is 2020. The Balaban J connectivity index is 1.65. The average Bonchev–Trinajstić information content (AvgIpc) is 3.93. The summed E-state index contributed by atoms with van der Waals surface area (Å²) in [5.74, 6) is 1.49. The summed E-state index contributed by atoms with van der Waals surface area (Å²) in [7, 11) is 13.5. The van der Waals surface area contributed by atoms with E-state index < -0.39 is 11.9 Å². The van der Waals surface area contributed by atoms with Crippen molar-refractivity contribution < 1.29 is 19.1 Å². The van der Waals surface area contributed by atoms with E-state index in [-0.39, 0.29) is 22.8 Å². The number of carbonyl (C=O) groups is 2. The smallest absolute Gasteiger partial charge is 0.343 e. The topological polar surface area (TPSA) is 206 Å². The SMILES string of the molecule is CCCCc1nn(-c2cc(-n3nc(CCCC)c(/N=N/c4c(C(=O)OC)cnn4C)c3N(C)C)ncn2)c(N(C)C)c1/N=N/c1c(C(=O)OC)cnn1C. The Morgan fingerprint density at radius 1 is 0.685 bits per heavy atom. The molecule has 0 spiro atoms. The Morgan fingerprint density at radius 3 is 1.44 bits per heavy atom. The van der Waals surface area contributed by atoms with Gasteiger partial charge in [0, 0.05) is 48.4 Å². The van der Waals surface area contributed by atoms with E-state index in [4.69, 9.17) is 19.7 Å². The molecule has 0 aromatic carbocycles. The van der Waals surface area contributed by atoms with Gasteiger partial charge in [-0.15, -0.1) is 20.5 Å². The maximum Gasteiger partial charge on any atom is 0.343 e. The number of methoxy groups -OCH3 is 2. The van der Waals surface area contributed by atoms with Crippen molar-refractivity contribution in [2.45, 2.75) is 52.4 Å². The van der Waals surface area contributed by atoms with Gasteiger partial charge in [-0.05, 0) is 25.7 Å². The highest BCUT2D eigenvalue weighted by molar-refractivity contribution is 5.94. The normalized spacial score (nSPS) is 11.6. The van der Waals surface area contributed by atoms with E-state index in [0.717, 1.165) is 25.7 Å². The summed E-state index contributed by atoms with van der Waals surface area (Å²) < 4.78 is 16.2. The molecular formula is C34H46N16O4. The first-order chi connectivity index (χ1) is 25.9. The van der Waals surface area contributed by atoms with Crippen molar-refractivity contribution in [3.8, 4) is 11.6 Å². The number of anilines is 2. The van der Waals surface area contributed by atoms with Crippen molar-refractivity contribution in [1.82, 2.24) is 49.1 Å². The van der Waals surface area contributed by atoms with Crippen molar-refractivity contribution in [1.29, 1.82) is 0 Å². The van der Waals surface area contributed by atoms with E-state index in [1.54, 1.807) is 29.5 Å². The van der Waals surface area contributed by atoms with E-state index >= 15 is 0 Å². The van der Waals surface area contributed by atoms with Crippen molar-refractivity contribution in [3.63, 3.8) is 0 Å². The molecule has 0 atom stereocenters. The van der Waals surface area contributed by atoms with Gasteiger partial charge in [0.15, 0.2) is 46.3 Å². The van der Waals surface area contributed by atoms with E-state index in [2.05, 4.69) is 54.5 Å². The van der Waals surface area contributed by atoms with Crippen molar-refractivity contribution in [3.05, 3.63) is 47.3 Å². The fraction of sp³-hybridized carbons (Fsp3) is 0.471. The van der Waals surface area contributed by atoms with Crippen LogP contribution in [0.4, 0.5) is 34.6 Å². The molecule has 0 saturated carbocycles. The zero-order valence-electron chi connectivity index (χ0n) is 32.3. The van der Waals surface area contributed by atoms with E-state index in [9.17, 15) is 9.59 Å².